The molecule has 1 aromatic carbocycles. The number of benzene rings is 1. The zero-order chi connectivity index (χ0) is 33.3. The quantitative estimate of drug-likeness (QED) is 0.162. The summed E-state index contributed by atoms with van der Waals surface area (Å²) in [5.41, 5.74) is 9.18. The molecule has 0 spiro atoms. The topological polar surface area (TPSA) is 192 Å². The molecule has 4 amide bonds. The standard InChI is InChI=1S/C34H50N6O7/c35-27-19-40-17-12-21(27)18-28(40)25-7-3-6-24-26(22-4-1-2-5-23(22)33(24)25)20-47-34(46)39-15-10-31(43)37-13-8-29(41)36-14-9-30(42)38-16-11-32(44)45/h1-2,4-5,21,24-28,33H,3,6-20,35H2,(H,36,41)(H,37,43)(H,38,42)(H,39,46)(H,44,45)/t21?,24?,25-,26?,27?,28-,33?/m0/s1. The van der Waals surface area contributed by atoms with Crippen LogP contribution in [0.3, 0.4) is 0 Å². The van der Waals surface area contributed by atoms with Gasteiger partial charge in [0, 0.05) is 70.0 Å². The molecule has 7 N–H and O–H groups in total. The van der Waals surface area contributed by atoms with Crippen molar-refractivity contribution in [3.05, 3.63) is 35.4 Å². The number of nitrogens with zero attached hydrogens (tertiary/aromatic N) is 1. The predicted molar refractivity (Wildman–Crippen MR) is 173 cm³/mol. The number of rotatable bonds is 15. The molecular weight excluding hydrogens is 604 g/mol. The molecule has 0 aromatic heterocycles. The number of piperidine rings is 3. The number of hydrogen-bond donors (Lipinski definition) is 6. The summed E-state index contributed by atoms with van der Waals surface area (Å²) in [7, 11) is 0. The van der Waals surface area contributed by atoms with Crippen molar-refractivity contribution in [2.75, 3.05) is 45.9 Å². The highest BCUT2D eigenvalue weighted by Gasteiger charge is 2.51. The highest BCUT2D eigenvalue weighted by atomic mass is 16.5. The van der Waals surface area contributed by atoms with Crippen LogP contribution in [0.5, 0.6) is 0 Å². The number of aliphatic carboxylic acids is 1. The van der Waals surface area contributed by atoms with E-state index < -0.39 is 12.1 Å². The average Bonchev–Trinajstić information content (AvgIpc) is 3.37. The van der Waals surface area contributed by atoms with Crippen molar-refractivity contribution in [2.24, 2.45) is 23.5 Å². The Kier molecular flexibility index (Phi) is 12.1. The molecule has 6 unspecified atom stereocenters. The Balaban J connectivity index is 0.993. The third-order valence-corrected chi connectivity index (χ3v) is 10.6. The zero-order valence-corrected chi connectivity index (χ0v) is 27.1. The van der Waals surface area contributed by atoms with Gasteiger partial charge in [0.25, 0.3) is 0 Å². The number of carboxylic acids is 1. The monoisotopic (exact) mass is 654 g/mol. The van der Waals surface area contributed by atoms with Crippen LogP contribution in [-0.4, -0.2) is 97.7 Å². The van der Waals surface area contributed by atoms with Gasteiger partial charge in [0.15, 0.2) is 0 Å². The lowest BCUT2D eigenvalue weighted by Gasteiger charge is -2.54. The predicted octanol–water partition coefficient (Wildman–Crippen LogP) is 1.43. The van der Waals surface area contributed by atoms with Gasteiger partial charge in [-0.05, 0) is 67.0 Å². The first-order valence-corrected chi connectivity index (χ1v) is 17.2. The molecule has 1 aromatic rings. The summed E-state index contributed by atoms with van der Waals surface area (Å²) < 4.78 is 5.74. The van der Waals surface area contributed by atoms with Crippen LogP contribution in [0.2, 0.25) is 0 Å². The minimum Gasteiger partial charge on any atom is -0.481 e. The normalized spacial score (nSPS) is 28.8. The third kappa shape index (κ3) is 9.01. The van der Waals surface area contributed by atoms with E-state index >= 15 is 0 Å². The third-order valence-electron chi connectivity index (χ3n) is 10.6. The molecule has 47 heavy (non-hydrogen) atoms. The van der Waals surface area contributed by atoms with Crippen LogP contribution in [0.25, 0.3) is 0 Å². The average molecular weight is 655 g/mol. The summed E-state index contributed by atoms with van der Waals surface area (Å²) in [6, 6.07) is 9.57. The lowest BCUT2D eigenvalue weighted by atomic mass is 9.64. The number of amides is 4. The van der Waals surface area contributed by atoms with Gasteiger partial charge in [0.1, 0.15) is 6.61 Å². The molecule has 2 bridgehead atoms. The maximum absolute atomic E-state index is 12.6. The van der Waals surface area contributed by atoms with Crippen molar-refractivity contribution in [1.29, 1.82) is 0 Å². The number of hydrogen-bond acceptors (Lipinski definition) is 8. The van der Waals surface area contributed by atoms with Crippen molar-refractivity contribution in [3.8, 4) is 0 Å². The first-order valence-electron chi connectivity index (χ1n) is 17.2. The molecule has 5 aliphatic rings. The van der Waals surface area contributed by atoms with Crippen LogP contribution in [0, 0.1) is 17.8 Å². The maximum Gasteiger partial charge on any atom is 0.407 e. The fourth-order valence-electron chi connectivity index (χ4n) is 8.46. The van der Waals surface area contributed by atoms with E-state index in [1.54, 1.807) is 0 Å². The van der Waals surface area contributed by atoms with Crippen LogP contribution in [-0.2, 0) is 23.9 Å². The van der Waals surface area contributed by atoms with E-state index in [2.05, 4.69) is 50.4 Å². The summed E-state index contributed by atoms with van der Waals surface area (Å²) in [6.45, 7) is 2.85. The Bertz CT molecular complexity index is 1290. The second-order valence-electron chi connectivity index (χ2n) is 13.5. The van der Waals surface area contributed by atoms with Crippen LogP contribution >= 0.6 is 0 Å². The Labute approximate surface area is 276 Å². The summed E-state index contributed by atoms with van der Waals surface area (Å²) in [5, 5.41) is 19.0. The van der Waals surface area contributed by atoms with Gasteiger partial charge >= 0.3 is 12.1 Å². The van der Waals surface area contributed by atoms with Crippen LogP contribution < -0.4 is 27.0 Å². The molecular formula is C34H50N6O7. The molecule has 1 saturated carbocycles. The maximum atomic E-state index is 12.6. The fourth-order valence-corrected chi connectivity index (χ4v) is 8.46. The van der Waals surface area contributed by atoms with Crippen LogP contribution in [0.1, 0.15) is 80.8 Å². The Morgan fingerprint density at radius 3 is 2.00 bits per heavy atom. The molecule has 6 rings (SSSR count). The summed E-state index contributed by atoms with van der Waals surface area (Å²) in [6.07, 6.45) is 5.37. The fraction of sp³-hybridized carbons (Fsp3) is 0.676. The molecule has 4 fully saturated rings. The number of carboxylic acid groups (broad SMARTS) is 1. The van der Waals surface area contributed by atoms with Gasteiger partial charge < -0.3 is 36.8 Å². The SMILES string of the molecule is NC1CN2CCC1C[C@H]2[C@@H]1CCCC2C(COC(=O)NCCC(=O)NCCC(=O)NCCC(=O)NCCC(=O)O)c3ccccc3C21. The molecule has 2 aliphatic carbocycles. The van der Waals surface area contributed by atoms with Crippen molar-refractivity contribution in [3.63, 3.8) is 0 Å². The van der Waals surface area contributed by atoms with Crippen LogP contribution in [0.4, 0.5) is 4.79 Å². The molecule has 3 aliphatic heterocycles. The van der Waals surface area contributed by atoms with Gasteiger partial charge in [-0.1, -0.05) is 30.7 Å². The van der Waals surface area contributed by atoms with Gasteiger partial charge in [-0.2, -0.15) is 0 Å². The first-order chi connectivity index (χ1) is 22.7. The van der Waals surface area contributed by atoms with Crippen molar-refractivity contribution in [1.82, 2.24) is 26.2 Å². The minimum absolute atomic E-state index is 0.0314. The van der Waals surface area contributed by atoms with Gasteiger partial charge in [-0.25, -0.2) is 4.79 Å². The molecule has 3 saturated heterocycles. The van der Waals surface area contributed by atoms with E-state index in [1.165, 1.54) is 36.8 Å². The summed E-state index contributed by atoms with van der Waals surface area (Å²) in [5.74, 6) is 0.317. The number of carbonyl (C=O) groups is 5. The summed E-state index contributed by atoms with van der Waals surface area (Å²) >= 11 is 0. The zero-order valence-electron chi connectivity index (χ0n) is 27.1. The van der Waals surface area contributed by atoms with Gasteiger partial charge in [0.2, 0.25) is 17.7 Å². The molecule has 258 valence electrons. The second-order valence-corrected chi connectivity index (χ2v) is 13.5. The smallest absolute Gasteiger partial charge is 0.407 e. The molecule has 3 heterocycles. The number of nitrogens with one attached hydrogen (secondary N) is 4. The number of ether oxygens (including phenoxy) is 1. The lowest BCUT2D eigenvalue weighted by Crippen LogP contribution is -2.61. The van der Waals surface area contributed by atoms with Crippen LogP contribution in [0.15, 0.2) is 24.3 Å². The van der Waals surface area contributed by atoms with Crippen molar-refractivity contribution in [2.45, 2.75) is 81.7 Å². The Morgan fingerprint density at radius 2 is 1.40 bits per heavy atom. The Morgan fingerprint density at radius 1 is 0.809 bits per heavy atom. The molecule has 13 nitrogen and oxygen atoms in total. The number of carbonyl (C=O) groups excluding carboxylic acids is 4. The number of alkyl carbamates (subject to hydrolysis) is 1. The first kappa shape index (κ1) is 34.6. The second kappa shape index (κ2) is 16.4. The van der Waals surface area contributed by atoms with E-state index in [9.17, 15) is 24.0 Å². The largest absolute Gasteiger partial charge is 0.481 e. The van der Waals surface area contributed by atoms with E-state index in [0.717, 1.165) is 19.5 Å². The lowest BCUT2D eigenvalue weighted by molar-refractivity contribution is -0.137. The highest BCUT2D eigenvalue weighted by molar-refractivity contribution is 5.80. The van der Waals surface area contributed by atoms with Gasteiger partial charge in [-0.15, -0.1) is 0 Å². The highest BCUT2D eigenvalue weighted by Crippen LogP contribution is 2.58. The van der Waals surface area contributed by atoms with Gasteiger partial charge in [-0.3, -0.25) is 24.1 Å². The van der Waals surface area contributed by atoms with Crippen molar-refractivity contribution >= 4 is 29.8 Å². The van der Waals surface area contributed by atoms with E-state index in [1.807, 2.05) is 0 Å². The molecule has 8 atom stereocenters. The molecule has 0 radical (unpaired) electrons. The number of fused-ring (bicyclic) bond motifs is 6. The van der Waals surface area contributed by atoms with Crippen molar-refractivity contribution < 1.29 is 33.8 Å². The van der Waals surface area contributed by atoms with E-state index in [-0.39, 0.29) is 75.5 Å². The molecule has 13 heteroatoms. The summed E-state index contributed by atoms with van der Waals surface area (Å²) in [4.78, 5) is 61.5. The Hall–Kier alpha value is -3.71. The van der Waals surface area contributed by atoms with E-state index in [0.29, 0.717) is 42.4 Å². The van der Waals surface area contributed by atoms with E-state index in [4.69, 9.17) is 15.6 Å². The van der Waals surface area contributed by atoms with Gasteiger partial charge in [0.05, 0.1) is 6.42 Å². The number of nitrogens with two attached hydrogens (primary N) is 1. The minimum atomic E-state index is -1.00.